The van der Waals surface area contributed by atoms with Gasteiger partial charge in [-0.1, -0.05) is 41.2 Å². The second-order valence-corrected chi connectivity index (χ2v) is 8.33. The molecule has 4 rings (SSSR count). The minimum absolute atomic E-state index is 0.0204. The number of hydrogen-bond acceptors (Lipinski definition) is 7. The molecule has 2 heterocycles. The Labute approximate surface area is 187 Å². The molecule has 0 bridgehead atoms. The fourth-order valence-electron chi connectivity index (χ4n) is 3.40. The van der Waals surface area contributed by atoms with E-state index in [9.17, 15) is 19.7 Å². The quantitative estimate of drug-likeness (QED) is 0.346. The lowest BCUT2D eigenvalue weighted by atomic mass is 10.1. The summed E-state index contributed by atoms with van der Waals surface area (Å²) in [5.74, 6) is -0.559. The molecule has 1 fully saturated rings. The topological polar surface area (TPSA) is 118 Å². The van der Waals surface area contributed by atoms with Crippen molar-refractivity contribution in [2.45, 2.75) is 19.3 Å². The molecule has 0 saturated carbocycles. The number of para-hydroxylation sites is 1. The summed E-state index contributed by atoms with van der Waals surface area (Å²) in [5, 5.41) is 22.8. The van der Waals surface area contributed by atoms with E-state index in [2.05, 4.69) is 15.5 Å². The van der Waals surface area contributed by atoms with E-state index in [0.717, 1.165) is 11.3 Å². The van der Waals surface area contributed by atoms with Gasteiger partial charge in [0.2, 0.25) is 16.9 Å². The maximum Gasteiger partial charge on any atom is 0.276 e. The van der Waals surface area contributed by atoms with Crippen LogP contribution < -0.4 is 10.2 Å². The molecular weight excluding hydrogens is 430 g/mol. The van der Waals surface area contributed by atoms with Crippen LogP contribution in [0.1, 0.15) is 28.5 Å². The Balaban J connectivity index is 1.40. The maximum absolute atomic E-state index is 12.5. The molecule has 162 valence electrons. The van der Waals surface area contributed by atoms with Gasteiger partial charge in [-0.15, -0.1) is 10.2 Å². The van der Waals surface area contributed by atoms with Crippen LogP contribution in [0.4, 0.5) is 16.5 Å². The third-order valence-corrected chi connectivity index (χ3v) is 6.04. The lowest BCUT2D eigenvalue weighted by Gasteiger charge is -2.16. The number of nitro benzene ring substituents is 1. The van der Waals surface area contributed by atoms with Crippen LogP contribution in [0.2, 0.25) is 0 Å². The fourth-order valence-corrected chi connectivity index (χ4v) is 4.24. The molecule has 1 aromatic heterocycles. The van der Waals surface area contributed by atoms with Crippen LogP contribution in [0.25, 0.3) is 6.08 Å². The van der Waals surface area contributed by atoms with Crippen LogP contribution in [0, 0.1) is 17.0 Å². The number of aromatic nitrogens is 2. The van der Waals surface area contributed by atoms with Crippen molar-refractivity contribution < 1.29 is 14.5 Å². The number of hydrogen-bond donors (Lipinski definition) is 1. The van der Waals surface area contributed by atoms with E-state index in [1.165, 1.54) is 29.6 Å². The predicted octanol–water partition coefficient (Wildman–Crippen LogP) is 3.93. The fraction of sp³-hybridized carbons (Fsp3) is 0.182. The second kappa shape index (κ2) is 9.06. The Bertz CT molecular complexity index is 1210. The summed E-state index contributed by atoms with van der Waals surface area (Å²) in [7, 11) is 0. The molecule has 1 N–H and O–H groups in total. The van der Waals surface area contributed by atoms with Crippen LogP contribution in [-0.4, -0.2) is 33.5 Å². The smallest absolute Gasteiger partial charge is 0.276 e. The summed E-state index contributed by atoms with van der Waals surface area (Å²) in [6.45, 7) is 2.49. The zero-order chi connectivity index (χ0) is 22.7. The zero-order valence-electron chi connectivity index (χ0n) is 17.1. The molecule has 9 nitrogen and oxygen atoms in total. The van der Waals surface area contributed by atoms with Gasteiger partial charge < -0.3 is 4.90 Å². The molecule has 1 saturated heterocycles. The van der Waals surface area contributed by atoms with Crippen LogP contribution in [0.15, 0.2) is 54.6 Å². The molecule has 3 aromatic rings. The minimum atomic E-state index is -0.503. The molecule has 0 spiro atoms. The van der Waals surface area contributed by atoms with Gasteiger partial charge in [-0.05, 0) is 31.2 Å². The summed E-state index contributed by atoms with van der Waals surface area (Å²) >= 11 is 1.21. The number of carbonyl (C=O) groups is 2. The van der Waals surface area contributed by atoms with E-state index in [1.807, 2.05) is 31.2 Å². The number of carbonyl (C=O) groups excluding carboxylic acids is 2. The highest BCUT2D eigenvalue weighted by molar-refractivity contribution is 7.15. The summed E-state index contributed by atoms with van der Waals surface area (Å²) in [6, 6.07) is 13.9. The van der Waals surface area contributed by atoms with Crippen molar-refractivity contribution in [2.24, 2.45) is 0 Å². The third kappa shape index (κ3) is 4.70. The Morgan fingerprint density at radius 2 is 1.97 bits per heavy atom. The Hall–Kier alpha value is -3.92. The van der Waals surface area contributed by atoms with Crippen LogP contribution >= 0.6 is 11.3 Å². The number of nitrogens with one attached hydrogen (secondary N) is 1. The van der Waals surface area contributed by atoms with Crippen molar-refractivity contribution in [1.29, 1.82) is 0 Å². The Kier molecular flexibility index (Phi) is 6.04. The van der Waals surface area contributed by atoms with E-state index in [4.69, 9.17) is 0 Å². The first-order valence-electron chi connectivity index (χ1n) is 9.83. The second-order valence-electron chi connectivity index (χ2n) is 7.32. The summed E-state index contributed by atoms with van der Waals surface area (Å²) in [5.41, 5.74) is 2.21. The van der Waals surface area contributed by atoms with Gasteiger partial charge in [0.25, 0.3) is 5.69 Å². The molecule has 0 radical (unpaired) electrons. The molecule has 1 unspecified atom stereocenters. The summed E-state index contributed by atoms with van der Waals surface area (Å²) in [6.07, 6.45) is 2.92. The maximum atomic E-state index is 12.5. The minimum Gasteiger partial charge on any atom is -0.312 e. The van der Waals surface area contributed by atoms with Crippen molar-refractivity contribution in [3.05, 3.63) is 80.9 Å². The van der Waals surface area contributed by atoms with Gasteiger partial charge in [0.15, 0.2) is 0 Å². The van der Waals surface area contributed by atoms with Crippen molar-refractivity contribution in [3.63, 3.8) is 0 Å². The average molecular weight is 449 g/mol. The molecule has 2 amide bonds. The molecule has 1 atom stereocenters. The van der Waals surface area contributed by atoms with Gasteiger partial charge in [0, 0.05) is 36.7 Å². The van der Waals surface area contributed by atoms with Gasteiger partial charge in [0.05, 0.1) is 10.5 Å². The molecule has 2 aromatic carbocycles. The lowest BCUT2D eigenvalue weighted by molar-refractivity contribution is -0.385. The highest BCUT2D eigenvalue weighted by Crippen LogP contribution is 2.34. The van der Waals surface area contributed by atoms with E-state index in [-0.39, 0.29) is 17.5 Å². The molecule has 1 aliphatic rings. The van der Waals surface area contributed by atoms with Crippen LogP contribution in [0.5, 0.6) is 0 Å². The number of nitrogens with zero attached hydrogens (tertiary/aromatic N) is 4. The highest BCUT2D eigenvalue weighted by Gasteiger charge is 2.33. The van der Waals surface area contributed by atoms with E-state index >= 15 is 0 Å². The van der Waals surface area contributed by atoms with E-state index in [0.29, 0.717) is 28.7 Å². The third-order valence-electron chi connectivity index (χ3n) is 5.04. The number of benzene rings is 2. The van der Waals surface area contributed by atoms with Crippen molar-refractivity contribution >= 4 is 45.7 Å². The number of rotatable bonds is 6. The molecule has 0 aliphatic carbocycles. The van der Waals surface area contributed by atoms with Crippen LogP contribution in [-0.2, 0) is 9.59 Å². The van der Waals surface area contributed by atoms with E-state index in [1.54, 1.807) is 23.1 Å². The number of aryl methyl sites for hydroxylation is 1. The van der Waals surface area contributed by atoms with Gasteiger partial charge in [-0.2, -0.15) is 0 Å². The molecule has 10 heteroatoms. The van der Waals surface area contributed by atoms with Crippen molar-refractivity contribution in [3.8, 4) is 0 Å². The molecular formula is C22H19N5O4S. The highest BCUT2D eigenvalue weighted by atomic mass is 32.1. The summed E-state index contributed by atoms with van der Waals surface area (Å²) in [4.78, 5) is 37.0. The number of amides is 2. The van der Waals surface area contributed by atoms with Gasteiger partial charge in [-0.3, -0.25) is 25.0 Å². The van der Waals surface area contributed by atoms with E-state index < -0.39 is 10.8 Å². The summed E-state index contributed by atoms with van der Waals surface area (Å²) < 4.78 is 0. The Morgan fingerprint density at radius 3 is 2.72 bits per heavy atom. The van der Waals surface area contributed by atoms with Crippen molar-refractivity contribution in [1.82, 2.24) is 10.2 Å². The predicted molar refractivity (Wildman–Crippen MR) is 122 cm³/mol. The monoisotopic (exact) mass is 449 g/mol. The zero-order valence-corrected chi connectivity index (χ0v) is 17.9. The SMILES string of the molecule is Cc1ccc(N2CC(c3nnc(NC(=O)/C=C/c4ccccc4[N+](=O)[O-])s3)CC2=O)cc1. The van der Waals surface area contributed by atoms with Gasteiger partial charge in [-0.25, -0.2) is 0 Å². The first-order valence-corrected chi connectivity index (χ1v) is 10.7. The first-order chi connectivity index (χ1) is 15.4. The Morgan fingerprint density at radius 1 is 1.22 bits per heavy atom. The largest absolute Gasteiger partial charge is 0.312 e. The first kappa shape index (κ1) is 21.3. The molecule has 32 heavy (non-hydrogen) atoms. The normalized spacial score (nSPS) is 16.0. The number of anilines is 2. The van der Waals surface area contributed by atoms with Gasteiger partial charge in [0.1, 0.15) is 5.01 Å². The average Bonchev–Trinajstić information content (AvgIpc) is 3.39. The van der Waals surface area contributed by atoms with Crippen LogP contribution in [0.3, 0.4) is 0 Å². The molecule has 1 aliphatic heterocycles. The number of nitro groups is 1. The van der Waals surface area contributed by atoms with Gasteiger partial charge >= 0.3 is 0 Å². The van der Waals surface area contributed by atoms with Crippen molar-refractivity contribution in [2.75, 3.05) is 16.8 Å². The lowest BCUT2D eigenvalue weighted by Crippen LogP contribution is -2.24. The standard InChI is InChI=1S/C22H19N5O4S/c1-14-6-9-17(10-7-14)26-13-16(12-20(26)29)21-24-25-22(32-21)23-19(28)11-8-15-4-2-3-5-18(15)27(30)31/h2-11,16H,12-13H2,1H3,(H,23,25,28)/b11-8+.